The standard InChI is InChI=1S/C20H21ClN2O4/c1-13-8-9-16(21)11-17(13)23-20(26)14(2)27-19(25)12-22-18(24)10-15-6-4-3-5-7-15/h3-9,11,14H,10,12H2,1-2H3,(H,22,24)(H,23,26). The van der Waals surface area contributed by atoms with E-state index in [1.165, 1.54) is 6.92 Å². The fourth-order valence-corrected chi connectivity index (χ4v) is 2.44. The highest BCUT2D eigenvalue weighted by Crippen LogP contribution is 2.20. The molecule has 2 N–H and O–H groups in total. The molecule has 0 heterocycles. The van der Waals surface area contributed by atoms with E-state index in [1.807, 2.05) is 37.3 Å². The van der Waals surface area contributed by atoms with Gasteiger partial charge in [0.1, 0.15) is 6.54 Å². The number of esters is 1. The third-order valence-electron chi connectivity index (χ3n) is 3.77. The summed E-state index contributed by atoms with van der Waals surface area (Å²) in [5.74, 6) is -1.48. The van der Waals surface area contributed by atoms with E-state index in [0.717, 1.165) is 11.1 Å². The van der Waals surface area contributed by atoms with Crippen molar-refractivity contribution < 1.29 is 19.1 Å². The zero-order valence-electron chi connectivity index (χ0n) is 15.1. The van der Waals surface area contributed by atoms with Crippen LogP contribution in [0.3, 0.4) is 0 Å². The minimum atomic E-state index is -1.01. The van der Waals surface area contributed by atoms with Gasteiger partial charge in [-0.2, -0.15) is 0 Å². The van der Waals surface area contributed by atoms with E-state index in [9.17, 15) is 14.4 Å². The van der Waals surface area contributed by atoms with Gasteiger partial charge in [0.2, 0.25) is 5.91 Å². The average Bonchev–Trinajstić information content (AvgIpc) is 2.64. The monoisotopic (exact) mass is 388 g/mol. The first kappa shape index (κ1) is 20.5. The van der Waals surface area contributed by atoms with Gasteiger partial charge in [-0.1, -0.05) is 48.0 Å². The van der Waals surface area contributed by atoms with Gasteiger partial charge in [-0.3, -0.25) is 14.4 Å². The predicted molar refractivity (Wildman–Crippen MR) is 104 cm³/mol. The van der Waals surface area contributed by atoms with Crippen molar-refractivity contribution >= 4 is 35.1 Å². The van der Waals surface area contributed by atoms with Gasteiger partial charge in [0, 0.05) is 10.7 Å². The van der Waals surface area contributed by atoms with Crippen LogP contribution < -0.4 is 10.6 Å². The zero-order valence-corrected chi connectivity index (χ0v) is 15.9. The maximum absolute atomic E-state index is 12.2. The van der Waals surface area contributed by atoms with Gasteiger partial charge in [0.05, 0.1) is 6.42 Å². The van der Waals surface area contributed by atoms with Gasteiger partial charge in [-0.25, -0.2) is 0 Å². The molecule has 1 atom stereocenters. The van der Waals surface area contributed by atoms with E-state index >= 15 is 0 Å². The lowest BCUT2D eigenvalue weighted by atomic mass is 10.1. The number of rotatable bonds is 7. The highest BCUT2D eigenvalue weighted by Gasteiger charge is 2.19. The molecule has 2 rings (SSSR count). The molecule has 142 valence electrons. The second-order valence-corrected chi connectivity index (χ2v) is 6.46. The summed E-state index contributed by atoms with van der Waals surface area (Å²) in [4.78, 5) is 35.9. The van der Waals surface area contributed by atoms with Crippen molar-refractivity contribution in [1.82, 2.24) is 5.32 Å². The molecule has 0 bridgehead atoms. The Bertz CT molecular complexity index is 824. The first-order valence-electron chi connectivity index (χ1n) is 8.42. The van der Waals surface area contributed by atoms with Gasteiger partial charge >= 0.3 is 5.97 Å². The molecule has 0 aromatic heterocycles. The van der Waals surface area contributed by atoms with Gasteiger partial charge in [-0.15, -0.1) is 0 Å². The van der Waals surface area contributed by atoms with Crippen molar-refractivity contribution in [3.63, 3.8) is 0 Å². The van der Waals surface area contributed by atoms with E-state index < -0.39 is 18.0 Å². The Morgan fingerprint density at radius 2 is 1.81 bits per heavy atom. The minimum absolute atomic E-state index is 0.165. The molecule has 0 spiro atoms. The molecule has 6 nitrogen and oxygen atoms in total. The number of halogens is 1. The van der Waals surface area contributed by atoms with Crippen molar-refractivity contribution in [3.05, 3.63) is 64.7 Å². The Morgan fingerprint density at radius 1 is 1.11 bits per heavy atom. The van der Waals surface area contributed by atoms with Gasteiger partial charge in [0.15, 0.2) is 6.10 Å². The second-order valence-electron chi connectivity index (χ2n) is 6.02. The highest BCUT2D eigenvalue weighted by molar-refractivity contribution is 6.31. The molecule has 0 aliphatic carbocycles. The van der Waals surface area contributed by atoms with E-state index in [0.29, 0.717) is 10.7 Å². The molecular weight excluding hydrogens is 368 g/mol. The molecule has 27 heavy (non-hydrogen) atoms. The van der Waals surface area contributed by atoms with Crippen LogP contribution in [0, 0.1) is 6.92 Å². The summed E-state index contributed by atoms with van der Waals surface area (Å²) < 4.78 is 5.06. The molecule has 0 saturated heterocycles. The molecule has 2 aromatic carbocycles. The van der Waals surface area contributed by atoms with Crippen LogP contribution in [-0.4, -0.2) is 30.4 Å². The molecule has 0 aliphatic rings. The van der Waals surface area contributed by atoms with E-state index in [4.69, 9.17) is 16.3 Å². The van der Waals surface area contributed by atoms with E-state index in [2.05, 4.69) is 10.6 Å². The number of nitrogens with one attached hydrogen (secondary N) is 2. The summed E-state index contributed by atoms with van der Waals surface area (Å²) in [7, 11) is 0. The van der Waals surface area contributed by atoms with E-state index in [1.54, 1.807) is 18.2 Å². The second kappa shape index (κ2) is 9.73. The molecule has 0 aliphatic heterocycles. The smallest absolute Gasteiger partial charge is 0.326 e. The van der Waals surface area contributed by atoms with Crippen LogP contribution in [0.2, 0.25) is 5.02 Å². The summed E-state index contributed by atoms with van der Waals surface area (Å²) in [6, 6.07) is 14.3. The number of hydrogen-bond donors (Lipinski definition) is 2. The number of ether oxygens (including phenoxy) is 1. The number of carbonyl (C=O) groups excluding carboxylic acids is 3. The quantitative estimate of drug-likeness (QED) is 0.714. The van der Waals surface area contributed by atoms with Crippen LogP contribution in [-0.2, 0) is 25.5 Å². The van der Waals surface area contributed by atoms with Gasteiger partial charge < -0.3 is 15.4 Å². The maximum atomic E-state index is 12.2. The van der Waals surface area contributed by atoms with Gasteiger partial charge in [-0.05, 0) is 37.1 Å². The molecule has 0 radical (unpaired) electrons. The first-order valence-corrected chi connectivity index (χ1v) is 8.80. The highest BCUT2D eigenvalue weighted by atomic mass is 35.5. The van der Waals surface area contributed by atoms with Crippen LogP contribution in [0.1, 0.15) is 18.1 Å². The van der Waals surface area contributed by atoms with Crippen molar-refractivity contribution in [2.24, 2.45) is 0 Å². The van der Waals surface area contributed by atoms with Crippen molar-refractivity contribution in [3.8, 4) is 0 Å². The maximum Gasteiger partial charge on any atom is 0.326 e. The summed E-state index contributed by atoms with van der Waals surface area (Å²) in [5, 5.41) is 5.63. The molecule has 2 amide bonds. The Morgan fingerprint density at radius 3 is 2.52 bits per heavy atom. The Kier molecular flexibility index (Phi) is 7.37. The van der Waals surface area contributed by atoms with Crippen molar-refractivity contribution in [2.45, 2.75) is 26.4 Å². The number of carbonyl (C=O) groups is 3. The summed E-state index contributed by atoms with van der Waals surface area (Å²) in [6.45, 7) is 2.98. The lowest BCUT2D eigenvalue weighted by molar-refractivity contribution is -0.152. The average molecular weight is 389 g/mol. The topological polar surface area (TPSA) is 84.5 Å². The van der Waals surface area contributed by atoms with Crippen LogP contribution in [0.5, 0.6) is 0 Å². The number of amides is 2. The largest absolute Gasteiger partial charge is 0.451 e. The number of aryl methyl sites for hydroxylation is 1. The Hall–Kier alpha value is -2.86. The summed E-state index contributed by atoms with van der Waals surface area (Å²) in [5.41, 5.74) is 2.22. The molecule has 0 fully saturated rings. The third-order valence-corrected chi connectivity index (χ3v) is 4.01. The molecule has 1 unspecified atom stereocenters. The molecular formula is C20H21ClN2O4. The normalized spacial score (nSPS) is 11.4. The number of hydrogen-bond acceptors (Lipinski definition) is 4. The molecule has 7 heteroatoms. The fourth-order valence-electron chi connectivity index (χ4n) is 2.27. The lowest BCUT2D eigenvalue weighted by Gasteiger charge is -2.15. The minimum Gasteiger partial charge on any atom is -0.451 e. The first-order chi connectivity index (χ1) is 12.8. The van der Waals surface area contributed by atoms with Gasteiger partial charge in [0.25, 0.3) is 5.91 Å². The molecule has 2 aromatic rings. The summed E-state index contributed by atoms with van der Waals surface area (Å²) in [6.07, 6.45) is -0.847. The Labute approximate surface area is 162 Å². The summed E-state index contributed by atoms with van der Waals surface area (Å²) >= 11 is 5.92. The fraction of sp³-hybridized carbons (Fsp3) is 0.250. The number of anilines is 1. The SMILES string of the molecule is Cc1ccc(Cl)cc1NC(=O)C(C)OC(=O)CNC(=O)Cc1ccccc1. The van der Waals surface area contributed by atoms with Crippen molar-refractivity contribution in [2.75, 3.05) is 11.9 Å². The van der Waals surface area contributed by atoms with Crippen LogP contribution in [0.4, 0.5) is 5.69 Å². The molecule has 0 saturated carbocycles. The third kappa shape index (κ3) is 6.75. The van der Waals surface area contributed by atoms with Crippen LogP contribution >= 0.6 is 11.6 Å². The van der Waals surface area contributed by atoms with Crippen LogP contribution in [0.25, 0.3) is 0 Å². The van der Waals surface area contributed by atoms with Crippen LogP contribution in [0.15, 0.2) is 48.5 Å². The Balaban J connectivity index is 1.78. The zero-order chi connectivity index (χ0) is 19.8. The lowest BCUT2D eigenvalue weighted by Crippen LogP contribution is -2.36. The predicted octanol–water partition coefficient (Wildman–Crippen LogP) is 2.88. The number of benzene rings is 2. The van der Waals surface area contributed by atoms with Crippen molar-refractivity contribution in [1.29, 1.82) is 0 Å². The van der Waals surface area contributed by atoms with E-state index in [-0.39, 0.29) is 18.9 Å².